The fourth-order valence-electron chi connectivity index (χ4n) is 1.74. The van der Waals surface area contributed by atoms with Gasteiger partial charge in [0.25, 0.3) is 0 Å². The fourth-order valence-corrected chi connectivity index (χ4v) is 1.74. The first-order valence-electron chi connectivity index (χ1n) is 5.00. The van der Waals surface area contributed by atoms with Crippen LogP contribution in [0, 0.1) is 11.3 Å². The molecule has 0 aromatic carbocycles. The fraction of sp³-hybridized carbons (Fsp3) is 0.800. The molecule has 1 radical (unpaired) electrons. The van der Waals surface area contributed by atoms with Gasteiger partial charge in [0.05, 0.1) is 19.0 Å². The van der Waals surface area contributed by atoms with Crippen molar-refractivity contribution >= 4 is 5.84 Å². The molecule has 83 valence electrons. The second kappa shape index (κ2) is 3.80. The first-order chi connectivity index (χ1) is 6.82. The van der Waals surface area contributed by atoms with Crippen LogP contribution in [0.5, 0.6) is 0 Å². The maximum atomic E-state index is 11.9. The zero-order valence-electron chi connectivity index (χ0n) is 9.66. The maximum Gasteiger partial charge on any atom is 0.121 e. The lowest BCUT2D eigenvalue weighted by Gasteiger charge is -2.28. The molecule has 0 aliphatic carbocycles. The van der Waals surface area contributed by atoms with Gasteiger partial charge in [-0.2, -0.15) is 5.26 Å². The van der Waals surface area contributed by atoms with Crippen molar-refractivity contribution in [2.45, 2.75) is 45.3 Å². The number of hydrogen-bond donors (Lipinski definition) is 1. The third-order valence-electron chi connectivity index (χ3n) is 2.51. The van der Waals surface area contributed by atoms with Crippen molar-refractivity contribution in [2.24, 2.45) is 4.99 Å². The van der Waals surface area contributed by atoms with Gasteiger partial charge in [-0.3, -0.25) is 4.99 Å². The van der Waals surface area contributed by atoms with Gasteiger partial charge in [0.2, 0.25) is 0 Å². The second-order valence-corrected chi connectivity index (χ2v) is 4.68. The number of aliphatic imine (C=N–C) groups is 1. The molecule has 1 aliphatic heterocycles. The first-order valence-corrected chi connectivity index (χ1v) is 5.00. The minimum Gasteiger partial charge on any atom is -0.353 e. The van der Waals surface area contributed by atoms with Gasteiger partial charge >= 0.3 is 0 Å². The smallest absolute Gasteiger partial charge is 0.121 e. The molecule has 1 fully saturated rings. The molecule has 1 rings (SSSR count). The highest BCUT2D eigenvalue weighted by atomic mass is 16.5. The van der Waals surface area contributed by atoms with Crippen LogP contribution in [0.4, 0.5) is 0 Å². The lowest BCUT2D eigenvalue weighted by molar-refractivity contribution is -0.241. The van der Waals surface area contributed by atoms with E-state index in [0.29, 0.717) is 18.8 Å². The van der Waals surface area contributed by atoms with E-state index in [4.69, 9.17) is 5.26 Å². The van der Waals surface area contributed by atoms with Crippen LogP contribution < -0.4 is 5.32 Å². The summed E-state index contributed by atoms with van der Waals surface area (Å²) in [5, 5.41) is 24.4. The Morgan fingerprint density at radius 2 is 2.07 bits per heavy atom. The third kappa shape index (κ3) is 2.11. The molecular formula is C10H17N4O. The standard InChI is InChI=1S/C10H17N4O/c1-9(2)8(12-7-5-6-11)13-10(3,4)14(9)15/h5,7H2,1-4H3,(H,12,13). The molecule has 1 heterocycles. The monoisotopic (exact) mass is 209 g/mol. The molecule has 1 N–H and O–H groups in total. The Labute approximate surface area is 90.4 Å². The number of hydroxylamine groups is 2. The summed E-state index contributed by atoms with van der Waals surface area (Å²) in [7, 11) is 0. The van der Waals surface area contributed by atoms with Crippen LogP contribution in [0.1, 0.15) is 34.1 Å². The Morgan fingerprint density at radius 1 is 1.47 bits per heavy atom. The van der Waals surface area contributed by atoms with Crippen molar-refractivity contribution in [3.63, 3.8) is 0 Å². The summed E-state index contributed by atoms with van der Waals surface area (Å²) in [4.78, 5) is 4.25. The third-order valence-corrected chi connectivity index (χ3v) is 2.51. The van der Waals surface area contributed by atoms with Crippen LogP contribution in [-0.2, 0) is 5.21 Å². The average Bonchev–Trinajstić information content (AvgIpc) is 2.28. The van der Waals surface area contributed by atoms with Crippen molar-refractivity contribution in [1.82, 2.24) is 10.4 Å². The minimum atomic E-state index is -0.640. The summed E-state index contributed by atoms with van der Waals surface area (Å²) in [6.07, 6.45) is 0.376. The van der Waals surface area contributed by atoms with Gasteiger partial charge in [0.15, 0.2) is 0 Å². The van der Waals surface area contributed by atoms with Crippen molar-refractivity contribution in [3.8, 4) is 6.07 Å². The highest BCUT2D eigenvalue weighted by Gasteiger charge is 2.50. The number of nitrogens with one attached hydrogen (secondary N) is 1. The second-order valence-electron chi connectivity index (χ2n) is 4.68. The molecule has 0 unspecified atom stereocenters. The normalized spacial score (nSPS) is 26.3. The molecule has 0 atom stereocenters. The lowest BCUT2D eigenvalue weighted by Crippen LogP contribution is -2.48. The molecule has 0 saturated carbocycles. The van der Waals surface area contributed by atoms with Crippen molar-refractivity contribution in [1.29, 1.82) is 5.26 Å². The van der Waals surface area contributed by atoms with Crippen molar-refractivity contribution < 1.29 is 5.21 Å². The molecule has 5 heteroatoms. The van der Waals surface area contributed by atoms with E-state index >= 15 is 0 Å². The predicted molar refractivity (Wildman–Crippen MR) is 56.4 cm³/mol. The molecule has 5 nitrogen and oxygen atoms in total. The number of amidine groups is 1. The topological polar surface area (TPSA) is 71.3 Å². The van der Waals surface area contributed by atoms with E-state index in [0.717, 1.165) is 5.06 Å². The summed E-state index contributed by atoms with van der Waals surface area (Å²) in [6.45, 7) is 7.72. The van der Waals surface area contributed by atoms with Crippen LogP contribution in [0.2, 0.25) is 0 Å². The predicted octanol–water partition coefficient (Wildman–Crippen LogP) is 1.06. The van der Waals surface area contributed by atoms with Gasteiger partial charge in [-0.1, -0.05) is 0 Å². The van der Waals surface area contributed by atoms with Crippen LogP contribution in [0.15, 0.2) is 4.99 Å². The van der Waals surface area contributed by atoms with Crippen LogP contribution in [-0.4, -0.2) is 28.6 Å². The Bertz CT molecular complexity index is 314. The summed E-state index contributed by atoms with van der Waals surface area (Å²) in [5.74, 6) is 0.665. The van der Waals surface area contributed by atoms with E-state index in [2.05, 4.69) is 10.3 Å². The molecule has 1 aliphatic rings. The molecular weight excluding hydrogens is 192 g/mol. The van der Waals surface area contributed by atoms with Crippen molar-refractivity contribution in [3.05, 3.63) is 0 Å². The summed E-state index contributed by atoms with van der Waals surface area (Å²) >= 11 is 0. The quantitative estimate of drug-likeness (QED) is 0.691. The van der Waals surface area contributed by atoms with Gasteiger partial charge in [-0.15, -0.1) is 10.3 Å². The molecule has 0 bridgehead atoms. The van der Waals surface area contributed by atoms with E-state index < -0.39 is 11.2 Å². The van der Waals surface area contributed by atoms with E-state index in [1.807, 2.05) is 33.8 Å². The molecule has 0 amide bonds. The largest absolute Gasteiger partial charge is 0.353 e. The van der Waals surface area contributed by atoms with E-state index in [-0.39, 0.29) is 0 Å². The van der Waals surface area contributed by atoms with Crippen LogP contribution in [0.25, 0.3) is 0 Å². The summed E-state index contributed by atoms with van der Waals surface area (Å²) in [6, 6.07) is 2.02. The number of hydrogen-bond acceptors (Lipinski definition) is 3. The minimum absolute atomic E-state index is 0.376. The Hall–Kier alpha value is -1.12. The van der Waals surface area contributed by atoms with E-state index in [1.165, 1.54) is 0 Å². The zero-order chi connectivity index (χ0) is 11.7. The summed E-state index contributed by atoms with van der Waals surface area (Å²) in [5.41, 5.74) is -1.27. The Morgan fingerprint density at radius 3 is 2.47 bits per heavy atom. The van der Waals surface area contributed by atoms with Crippen LogP contribution >= 0.6 is 0 Å². The van der Waals surface area contributed by atoms with Gasteiger partial charge < -0.3 is 5.32 Å². The summed E-state index contributed by atoms with van der Waals surface area (Å²) < 4.78 is 0. The van der Waals surface area contributed by atoms with E-state index in [9.17, 15) is 5.21 Å². The highest BCUT2D eigenvalue weighted by Crippen LogP contribution is 2.29. The lowest BCUT2D eigenvalue weighted by atomic mass is 10.1. The highest BCUT2D eigenvalue weighted by molar-refractivity contribution is 5.93. The average molecular weight is 209 g/mol. The van der Waals surface area contributed by atoms with Crippen LogP contribution in [0.3, 0.4) is 0 Å². The number of nitrogens with zero attached hydrogens (tertiary/aromatic N) is 3. The molecule has 0 aromatic heterocycles. The van der Waals surface area contributed by atoms with Gasteiger partial charge in [0, 0.05) is 0 Å². The first kappa shape index (κ1) is 12.0. The van der Waals surface area contributed by atoms with Crippen molar-refractivity contribution in [2.75, 3.05) is 6.54 Å². The Balaban J connectivity index is 2.85. The SMILES string of the molecule is CC1(C)NC(=NCCC#N)C(C)(C)N1[O]. The molecule has 0 aromatic rings. The molecule has 0 spiro atoms. The maximum absolute atomic E-state index is 11.9. The number of rotatable bonds is 2. The Kier molecular flexibility index (Phi) is 3.03. The van der Waals surface area contributed by atoms with Gasteiger partial charge in [-0.25, -0.2) is 0 Å². The van der Waals surface area contributed by atoms with Gasteiger partial charge in [0.1, 0.15) is 17.0 Å². The zero-order valence-corrected chi connectivity index (χ0v) is 9.66. The van der Waals surface area contributed by atoms with Gasteiger partial charge in [-0.05, 0) is 27.7 Å². The molecule has 15 heavy (non-hydrogen) atoms. The molecule has 1 saturated heterocycles. The number of nitriles is 1. The van der Waals surface area contributed by atoms with E-state index in [1.54, 1.807) is 0 Å².